The first-order valence-corrected chi connectivity index (χ1v) is 10.1. The number of aromatic nitrogens is 2. The number of methoxy groups -OCH3 is 1. The maximum absolute atomic E-state index is 12.4. The van der Waals surface area contributed by atoms with Crippen LogP contribution in [0.5, 0.6) is 5.75 Å². The summed E-state index contributed by atoms with van der Waals surface area (Å²) in [5.41, 5.74) is 2.69. The maximum atomic E-state index is 12.4. The Morgan fingerprint density at radius 2 is 1.97 bits per heavy atom. The van der Waals surface area contributed by atoms with E-state index in [0.29, 0.717) is 17.6 Å². The highest BCUT2D eigenvalue weighted by Gasteiger charge is 2.16. The number of rotatable bonds is 9. The Kier molecular flexibility index (Phi) is 8.29. The van der Waals surface area contributed by atoms with Crippen molar-refractivity contribution in [1.29, 1.82) is 0 Å². The summed E-state index contributed by atoms with van der Waals surface area (Å²) in [6, 6.07) is 7.92. The summed E-state index contributed by atoms with van der Waals surface area (Å²) in [4.78, 5) is 14.4. The number of carbonyl (C=O) groups is 1. The van der Waals surface area contributed by atoms with Gasteiger partial charge in [-0.25, -0.2) is 0 Å². The average molecular weight is 419 g/mol. The summed E-state index contributed by atoms with van der Waals surface area (Å²) in [6.07, 6.45) is 3.24. The van der Waals surface area contributed by atoms with E-state index < -0.39 is 0 Å². The molecule has 1 unspecified atom stereocenters. The smallest absolute Gasteiger partial charge is 0.244 e. The molecule has 0 saturated carbocycles. The molecular weight excluding hydrogens is 388 g/mol. The van der Waals surface area contributed by atoms with Crippen LogP contribution in [0.15, 0.2) is 30.3 Å². The lowest BCUT2D eigenvalue weighted by atomic mass is 10.1. The van der Waals surface area contributed by atoms with E-state index in [4.69, 9.17) is 16.3 Å². The first-order valence-electron chi connectivity index (χ1n) is 9.72. The summed E-state index contributed by atoms with van der Waals surface area (Å²) in [6.45, 7) is 7.35. The lowest BCUT2D eigenvalue weighted by molar-refractivity contribution is -0.116. The molecular formula is C22H31ClN4O2. The number of ether oxygens (including phenoxy) is 1. The second-order valence-corrected chi connectivity index (χ2v) is 8.05. The van der Waals surface area contributed by atoms with Gasteiger partial charge in [-0.1, -0.05) is 37.6 Å². The molecule has 0 aliphatic rings. The molecule has 0 radical (unpaired) electrons. The third-order valence-corrected chi connectivity index (χ3v) is 5.04. The van der Waals surface area contributed by atoms with Crippen LogP contribution in [0.2, 0.25) is 5.15 Å². The second-order valence-electron chi connectivity index (χ2n) is 7.70. The number of carbonyl (C=O) groups excluding carboxylic acids is 1. The van der Waals surface area contributed by atoms with E-state index in [1.54, 1.807) is 17.9 Å². The molecule has 1 aromatic carbocycles. The lowest BCUT2D eigenvalue weighted by Crippen LogP contribution is -2.33. The zero-order valence-corrected chi connectivity index (χ0v) is 18.8. The Morgan fingerprint density at radius 1 is 1.31 bits per heavy atom. The predicted molar refractivity (Wildman–Crippen MR) is 118 cm³/mol. The van der Waals surface area contributed by atoms with Gasteiger partial charge in [-0.3, -0.25) is 9.48 Å². The second kappa shape index (κ2) is 10.5. The Morgan fingerprint density at radius 3 is 2.52 bits per heavy atom. The highest BCUT2D eigenvalue weighted by atomic mass is 35.5. The lowest BCUT2D eigenvalue weighted by Gasteiger charge is -2.25. The monoisotopic (exact) mass is 418 g/mol. The molecule has 0 fully saturated rings. The summed E-state index contributed by atoms with van der Waals surface area (Å²) in [5.74, 6) is 1.08. The highest BCUT2D eigenvalue weighted by Crippen LogP contribution is 2.23. The largest absolute Gasteiger partial charge is 0.497 e. The van der Waals surface area contributed by atoms with E-state index in [2.05, 4.69) is 29.2 Å². The van der Waals surface area contributed by atoms with Crippen LogP contribution >= 0.6 is 11.6 Å². The van der Waals surface area contributed by atoms with E-state index in [0.717, 1.165) is 29.1 Å². The third kappa shape index (κ3) is 6.34. The molecule has 158 valence electrons. The van der Waals surface area contributed by atoms with Crippen LogP contribution in [0.1, 0.15) is 36.7 Å². The molecule has 0 aliphatic carbocycles. The van der Waals surface area contributed by atoms with Crippen molar-refractivity contribution in [3.63, 3.8) is 0 Å². The zero-order chi connectivity index (χ0) is 21.6. The number of hydrogen-bond acceptors (Lipinski definition) is 4. The number of amides is 1. The van der Waals surface area contributed by atoms with E-state index in [-0.39, 0.29) is 11.9 Å². The molecule has 1 N–H and O–H groups in total. The number of likely N-dealkylation sites (N-methyl/N-ethyl adjacent to an activating group) is 1. The first-order chi connectivity index (χ1) is 13.7. The van der Waals surface area contributed by atoms with Crippen molar-refractivity contribution in [2.45, 2.75) is 33.4 Å². The van der Waals surface area contributed by atoms with Crippen LogP contribution in [-0.4, -0.2) is 48.3 Å². The minimum atomic E-state index is -0.169. The fourth-order valence-electron chi connectivity index (χ4n) is 3.06. The number of nitrogens with one attached hydrogen (secondary N) is 1. The Balaban J connectivity index is 2.03. The topological polar surface area (TPSA) is 59.4 Å². The van der Waals surface area contributed by atoms with Gasteiger partial charge >= 0.3 is 0 Å². The van der Waals surface area contributed by atoms with E-state index in [9.17, 15) is 4.79 Å². The first kappa shape index (κ1) is 23.0. The van der Waals surface area contributed by atoms with E-state index >= 15 is 0 Å². The molecule has 1 aromatic heterocycles. The molecule has 2 rings (SSSR count). The van der Waals surface area contributed by atoms with Gasteiger partial charge in [0.1, 0.15) is 10.9 Å². The number of nitrogens with zero attached hydrogens (tertiary/aromatic N) is 3. The fourth-order valence-corrected chi connectivity index (χ4v) is 3.37. The molecule has 29 heavy (non-hydrogen) atoms. The quantitative estimate of drug-likeness (QED) is 0.626. The van der Waals surface area contributed by atoms with Crippen LogP contribution in [0.25, 0.3) is 6.08 Å². The van der Waals surface area contributed by atoms with Gasteiger partial charge < -0.3 is 15.0 Å². The number of halogens is 1. The summed E-state index contributed by atoms with van der Waals surface area (Å²) >= 11 is 6.43. The average Bonchev–Trinajstić information content (AvgIpc) is 2.92. The summed E-state index contributed by atoms with van der Waals surface area (Å²) < 4.78 is 7.00. The SMILES string of the molecule is COc1ccc(C(CNC(=O)/C=C/c2c(C)nn(CC(C)C)c2Cl)N(C)C)cc1. The van der Waals surface area contributed by atoms with Crippen LogP contribution < -0.4 is 10.1 Å². The molecule has 0 bridgehead atoms. The van der Waals surface area contributed by atoms with Gasteiger partial charge in [-0.15, -0.1) is 0 Å². The van der Waals surface area contributed by atoms with Crippen molar-refractivity contribution >= 4 is 23.6 Å². The molecule has 6 nitrogen and oxygen atoms in total. The maximum Gasteiger partial charge on any atom is 0.244 e. The summed E-state index contributed by atoms with van der Waals surface area (Å²) in [5, 5.41) is 7.99. The van der Waals surface area contributed by atoms with Crippen LogP contribution in [0, 0.1) is 12.8 Å². The standard InChI is InChI=1S/C22H31ClN4O2/c1-15(2)14-27-22(23)19(16(3)25-27)11-12-21(28)24-13-20(26(4)5)17-7-9-18(29-6)10-8-17/h7-12,15,20H,13-14H2,1-6H3,(H,24,28)/b12-11+. The van der Waals surface area contributed by atoms with Gasteiger partial charge in [0.2, 0.25) is 5.91 Å². The molecule has 2 aromatic rings. The summed E-state index contributed by atoms with van der Waals surface area (Å²) in [7, 11) is 5.62. The van der Waals surface area contributed by atoms with Gasteiger partial charge in [0, 0.05) is 24.7 Å². The van der Waals surface area contributed by atoms with Crippen LogP contribution in [-0.2, 0) is 11.3 Å². The minimum Gasteiger partial charge on any atom is -0.497 e. The number of aryl methyl sites for hydroxylation is 1. The molecule has 0 spiro atoms. The molecule has 0 saturated heterocycles. The van der Waals surface area contributed by atoms with Gasteiger partial charge in [-0.05, 0) is 50.7 Å². The number of hydrogen-bond donors (Lipinski definition) is 1. The van der Waals surface area contributed by atoms with E-state index in [1.807, 2.05) is 45.3 Å². The Hall–Kier alpha value is -2.31. The van der Waals surface area contributed by atoms with Crippen molar-refractivity contribution in [3.8, 4) is 5.75 Å². The Labute approximate surface area is 178 Å². The van der Waals surface area contributed by atoms with Gasteiger partial charge in [-0.2, -0.15) is 5.10 Å². The normalized spacial score (nSPS) is 12.7. The van der Waals surface area contributed by atoms with Crippen molar-refractivity contribution in [1.82, 2.24) is 20.0 Å². The molecule has 1 heterocycles. The van der Waals surface area contributed by atoms with Crippen LogP contribution in [0.3, 0.4) is 0 Å². The molecule has 1 amide bonds. The number of benzene rings is 1. The van der Waals surface area contributed by atoms with Gasteiger partial charge in [0.25, 0.3) is 0 Å². The third-order valence-electron chi connectivity index (χ3n) is 4.64. The van der Waals surface area contributed by atoms with Crippen molar-refractivity contribution in [2.24, 2.45) is 5.92 Å². The van der Waals surface area contributed by atoms with Gasteiger partial charge in [0.05, 0.1) is 18.8 Å². The Bertz CT molecular complexity index is 841. The predicted octanol–water partition coefficient (Wildman–Crippen LogP) is 3.94. The molecule has 7 heteroatoms. The van der Waals surface area contributed by atoms with Gasteiger partial charge in [0.15, 0.2) is 0 Å². The molecule has 0 aliphatic heterocycles. The zero-order valence-electron chi connectivity index (χ0n) is 18.1. The van der Waals surface area contributed by atoms with Crippen molar-refractivity contribution in [3.05, 3.63) is 52.3 Å². The van der Waals surface area contributed by atoms with E-state index in [1.165, 1.54) is 6.08 Å². The van der Waals surface area contributed by atoms with Crippen LogP contribution in [0.4, 0.5) is 0 Å². The molecule has 1 atom stereocenters. The fraction of sp³-hybridized carbons (Fsp3) is 0.455. The van der Waals surface area contributed by atoms with Crippen molar-refractivity contribution in [2.75, 3.05) is 27.7 Å². The van der Waals surface area contributed by atoms with Crippen molar-refractivity contribution < 1.29 is 9.53 Å². The highest BCUT2D eigenvalue weighted by molar-refractivity contribution is 6.31. The minimum absolute atomic E-state index is 0.0531.